The summed E-state index contributed by atoms with van der Waals surface area (Å²) in [6.45, 7) is 0. The standard InChI is InChI=1S/C17H18N2O4/c1-18-16(20)11-8-9-13(15(10-11)23-3)19-17(21)12-6-4-5-7-14(12)22-2/h4-10H,1-3H3,(H,18,20)(H,19,21). The highest BCUT2D eigenvalue weighted by Crippen LogP contribution is 2.27. The highest BCUT2D eigenvalue weighted by Gasteiger charge is 2.15. The molecule has 2 amide bonds. The van der Waals surface area contributed by atoms with Gasteiger partial charge in [0.25, 0.3) is 11.8 Å². The Morgan fingerprint density at radius 2 is 1.61 bits per heavy atom. The van der Waals surface area contributed by atoms with Crippen molar-refractivity contribution in [2.24, 2.45) is 0 Å². The molecule has 0 heterocycles. The first-order valence-corrected chi connectivity index (χ1v) is 6.95. The van der Waals surface area contributed by atoms with Gasteiger partial charge >= 0.3 is 0 Å². The number of anilines is 1. The largest absolute Gasteiger partial charge is 0.496 e. The summed E-state index contributed by atoms with van der Waals surface area (Å²) in [4.78, 5) is 24.1. The summed E-state index contributed by atoms with van der Waals surface area (Å²) < 4.78 is 10.4. The van der Waals surface area contributed by atoms with Crippen LogP contribution in [0.25, 0.3) is 0 Å². The summed E-state index contributed by atoms with van der Waals surface area (Å²) in [5.74, 6) is 0.319. The third-order valence-electron chi connectivity index (χ3n) is 3.29. The van der Waals surface area contributed by atoms with Crippen LogP contribution in [0.15, 0.2) is 42.5 Å². The number of methoxy groups -OCH3 is 2. The Balaban J connectivity index is 2.29. The Morgan fingerprint density at radius 1 is 0.913 bits per heavy atom. The van der Waals surface area contributed by atoms with Crippen molar-refractivity contribution < 1.29 is 19.1 Å². The minimum Gasteiger partial charge on any atom is -0.496 e. The number of amides is 2. The lowest BCUT2D eigenvalue weighted by Gasteiger charge is -2.13. The number of carbonyl (C=O) groups is 2. The quantitative estimate of drug-likeness (QED) is 0.888. The van der Waals surface area contributed by atoms with Gasteiger partial charge in [-0.2, -0.15) is 0 Å². The van der Waals surface area contributed by atoms with Gasteiger partial charge in [0, 0.05) is 12.6 Å². The second-order valence-corrected chi connectivity index (χ2v) is 4.65. The van der Waals surface area contributed by atoms with Crippen LogP contribution in [0.1, 0.15) is 20.7 Å². The number of benzene rings is 2. The fourth-order valence-electron chi connectivity index (χ4n) is 2.10. The molecule has 0 radical (unpaired) electrons. The lowest BCUT2D eigenvalue weighted by molar-refractivity contribution is 0.0962. The molecule has 120 valence electrons. The smallest absolute Gasteiger partial charge is 0.259 e. The molecule has 0 aromatic heterocycles. The van der Waals surface area contributed by atoms with Crippen LogP contribution in [0.3, 0.4) is 0 Å². The van der Waals surface area contributed by atoms with Crippen LogP contribution in [0.4, 0.5) is 5.69 Å². The molecule has 2 rings (SSSR count). The topological polar surface area (TPSA) is 76.7 Å². The normalized spacial score (nSPS) is 9.87. The maximum Gasteiger partial charge on any atom is 0.259 e. The zero-order valence-electron chi connectivity index (χ0n) is 13.2. The predicted octanol–water partition coefficient (Wildman–Crippen LogP) is 2.32. The Labute approximate surface area is 134 Å². The number of nitrogens with one attached hydrogen (secondary N) is 2. The average Bonchev–Trinajstić information content (AvgIpc) is 2.61. The predicted molar refractivity (Wildman–Crippen MR) is 87.3 cm³/mol. The van der Waals surface area contributed by atoms with Crippen molar-refractivity contribution in [1.82, 2.24) is 5.32 Å². The first-order valence-electron chi connectivity index (χ1n) is 6.95. The SMILES string of the molecule is CNC(=O)c1ccc(NC(=O)c2ccccc2OC)c(OC)c1. The van der Waals surface area contributed by atoms with Crippen LogP contribution in [-0.2, 0) is 0 Å². The summed E-state index contributed by atoms with van der Waals surface area (Å²) in [6, 6.07) is 11.7. The van der Waals surface area contributed by atoms with Gasteiger partial charge in [0.1, 0.15) is 11.5 Å². The third kappa shape index (κ3) is 3.60. The molecule has 2 aromatic rings. The maximum atomic E-state index is 12.4. The van der Waals surface area contributed by atoms with Crippen LogP contribution in [-0.4, -0.2) is 33.1 Å². The zero-order chi connectivity index (χ0) is 16.8. The van der Waals surface area contributed by atoms with Gasteiger partial charge < -0.3 is 20.1 Å². The van der Waals surface area contributed by atoms with Crippen molar-refractivity contribution in [1.29, 1.82) is 0 Å². The van der Waals surface area contributed by atoms with E-state index in [0.29, 0.717) is 28.3 Å². The van der Waals surface area contributed by atoms with E-state index in [1.807, 2.05) is 0 Å². The molecular weight excluding hydrogens is 296 g/mol. The van der Waals surface area contributed by atoms with Gasteiger partial charge in [-0.1, -0.05) is 12.1 Å². The summed E-state index contributed by atoms with van der Waals surface area (Å²) in [5, 5.41) is 5.30. The highest BCUT2D eigenvalue weighted by molar-refractivity contribution is 6.07. The average molecular weight is 314 g/mol. The number of hydrogen-bond acceptors (Lipinski definition) is 4. The van der Waals surface area contributed by atoms with E-state index in [9.17, 15) is 9.59 Å². The molecule has 0 fully saturated rings. The van der Waals surface area contributed by atoms with Gasteiger partial charge in [0.15, 0.2) is 0 Å². The molecule has 6 nitrogen and oxygen atoms in total. The Hall–Kier alpha value is -3.02. The molecule has 6 heteroatoms. The van der Waals surface area contributed by atoms with Crippen molar-refractivity contribution in [2.75, 3.05) is 26.6 Å². The van der Waals surface area contributed by atoms with Crippen molar-refractivity contribution in [3.8, 4) is 11.5 Å². The first-order chi connectivity index (χ1) is 11.1. The molecule has 0 aliphatic rings. The molecule has 0 spiro atoms. The van der Waals surface area contributed by atoms with E-state index in [2.05, 4.69) is 10.6 Å². The van der Waals surface area contributed by atoms with Crippen LogP contribution in [0, 0.1) is 0 Å². The van der Waals surface area contributed by atoms with Crippen LogP contribution in [0.2, 0.25) is 0 Å². The molecule has 0 saturated carbocycles. The van der Waals surface area contributed by atoms with E-state index in [4.69, 9.17) is 9.47 Å². The number of ether oxygens (including phenoxy) is 2. The molecule has 0 saturated heterocycles. The fourth-order valence-corrected chi connectivity index (χ4v) is 2.10. The van der Waals surface area contributed by atoms with Crippen LogP contribution >= 0.6 is 0 Å². The van der Waals surface area contributed by atoms with Crippen LogP contribution < -0.4 is 20.1 Å². The number of hydrogen-bond donors (Lipinski definition) is 2. The van der Waals surface area contributed by atoms with Gasteiger partial charge in [-0.05, 0) is 30.3 Å². The maximum absolute atomic E-state index is 12.4. The van der Waals surface area contributed by atoms with Gasteiger partial charge in [0.05, 0.1) is 25.5 Å². The lowest BCUT2D eigenvalue weighted by atomic mass is 10.1. The number of carbonyl (C=O) groups excluding carboxylic acids is 2. The Kier molecular flexibility index (Phi) is 5.19. The lowest BCUT2D eigenvalue weighted by Crippen LogP contribution is -2.18. The van der Waals surface area contributed by atoms with E-state index in [1.165, 1.54) is 14.2 Å². The van der Waals surface area contributed by atoms with Gasteiger partial charge in [-0.15, -0.1) is 0 Å². The minimum absolute atomic E-state index is 0.231. The third-order valence-corrected chi connectivity index (χ3v) is 3.29. The molecule has 0 bridgehead atoms. The van der Waals surface area contributed by atoms with E-state index < -0.39 is 0 Å². The van der Waals surface area contributed by atoms with E-state index in [1.54, 1.807) is 49.5 Å². The van der Waals surface area contributed by atoms with Gasteiger partial charge in [-0.25, -0.2) is 0 Å². The highest BCUT2D eigenvalue weighted by atomic mass is 16.5. The number of rotatable bonds is 5. The molecule has 0 aliphatic heterocycles. The molecule has 0 aliphatic carbocycles. The molecule has 0 unspecified atom stereocenters. The van der Waals surface area contributed by atoms with E-state index >= 15 is 0 Å². The van der Waals surface area contributed by atoms with Crippen molar-refractivity contribution in [2.45, 2.75) is 0 Å². The van der Waals surface area contributed by atoms with E-state index in [0.717, 1.165) is 0 Å². The second-order valence-electron chi connectivity index (χ2n) is 4.65. The number of para-hydroxylation sites is 1. The van der Waals surface area contributed by atoms with Crippen molar-refractivity contribution in [3.05, 3.63) is 53.6 Å². The van der Waals surface area contributed by atoms with Crippen LogP contribution in [0.5, 0.6) is 11.5 Å². The summed E-state index contributed by atoms with van der Waals surface area (Å²) in [5.41, 5.74) is 1.32. The molecule has 2 aromatic carbocycles. The fraction of sp³-hybridized carbons (Fsp3) is 0.176. The van der Waals surface area contributed by atoms with Gasteiger partial charge in [0.2, 0.25) is 0 Å². The first kappa shape index (κ1) is 16.4. The van der Waals surface area contributed by atoms with Gasteiger partial charge in [-0.3, -0.25) is 9.59 Å². The van der Waals surface area contributed by atoms with Crippen molar-refractivity contribution in [3.63, 3.8) is 0 Å². The second kappa shape index (κ2) is 7.31. The Morgan fingerprint density at radius 3 is 2.26 bits per heavy atom. The Bertz CT molecular complexity index is 728. The summed E-state index contributed by atoms with van der Waals surface area (Å²) in [7, 11) is 4.53. The molecule has 23 heavy (non-hydrogen) atoms. The molecule has 0 atom stereocenters. The zero-order valence-corrected chi connectivity index (χ0v) is 13.2. The minimum atomic E-state index is -0.326. The molecular formula is C17H18N2O4. The monoisotopic (exact) mass is 314 g/mol. The summed E-state index contributed by atoms with van der Waals surface area (Å²) in [6.07, 6.45) is 0. The van der Waals surface area contributed by atoms with E-state index in [-0.39, 0.29) is 11.8 Å². The summed E-state index contributed by atoms with van der Waals surface area (Å²) >= 11 is 0. The molecule has 2 N–H and O–H groups in total. The van der Waals surface area contributed by atoms with Crippen molar-refractivity contribution >= 4 is 17.5 Å².